The SMILES string of the molecule is COc1cc(/C=N\NC(=O)C(=O)NCc2ccc(C(C)C)cc2)ccc1OCc1ccc(Cl)cc1Cl. The fraction of sp³-hybridized carbons (Fsp3) is 0.222. The molecule has 0 saturated heterocycles. The van der Waals surface area contributed by atoms with Crippen molar-refractivity contribution >= 4 is 41.2 Å². The van der Waals surface area contributed by atoms with Crippen LogP contribution >= 0.6 is 23.2 Å². The average Bonchev–Trinajstić information content (AvgIpc) is 2.87. The Hall–Kier alpha value is -3.55. The molecule has 3 rings (SSSR count). The molecular formula is C27H27Cl2N3O4. The first-order valence-electron chi connectivity index (χ1n) is 11.2. The standard InChI is InChI=1S/C27H27Cl2N3O4/c1-17(2)20-7-4-18(5-8-20)14-30-26(33)27(34)32-31-15-19-6-11-24(25(12-19)35-3)36-16-21-9-10-22(28)13-23(21)29/h4-13,15,17H,14,16H2,1-3H3,(H,30,33)(H,32,34)/b31-15-. The number of hydrazone groups is 1. The Balaban J connectivity index is 1.51. The normalized spacial score (nSPS) is 10.9. The van der Waals surface area contributed by atoms with Crippen molar-refractivity contribution in [3.8, 4) is 11.5 Å². The molecule has 0 fully saturated rings. The number of nitrogens with one attached hydrogen (secondary N) is 2. The first kappa shape index (κ1) is 27.0. The average molecular weight is 528 g/mol. The van der Waals surface area contributed by atoms with Crippen LogP contribution in [0.3, 0.4) is 0 Å². The van der Waals surface area contributed by atoms with Gasteiger partial charge < -0.3 is 14.8 Å². The minimum Gasteiger partial charge on any atom is -0.493 e. The first-order valence-corrected chi connectivity index (χ1v) is 12.0. The van der Waals surface area contributed by atoms with E-state index < -0.39 is 11.8 Å². The molecule has 3 aromatic rings. The summed E-state index contributed by atoms with van der Waals surface area (Å²) in [5.74, 6) is -0.240. The van der Waals surface area contributed by atoms with E-state index in [4.69, 9.17) is 32.7 Å². The number of hydrogen-bond acceptors (Lipinski definition) is 5. The van der Waals surface area contributed by atoms with Gasteiger partial charge in [-0.1, -0.05) is 67.4 Å². The highest BCUT2D eigenvalue weighted by Crippen LogP contribution is 2.29. The van der Waals surface area contributed by atoms with Crippen LogP contribution in [-0.4, -0.2) is 25.1 Å². The summed E-state index contributed by atoms with van der Waals surface area (Å²) in [7, 11) is 1.51. The second-order valence-corrected chi connectivity index (χ2v) is 9.06. The molecule has 36 heavy (non-hydrogen) atoms. The Morgan fingerprint density at radius 2 is 1.72 bits per heavy atom. The van der Waals surface area contributed by atoms with Gasteiger partial charge in [0.25, 0.3) is 0 Å². The van der Waals surface area contributed by atoms with Gasteiger partial charge in [-0.3, -0.25) is 9.59 Å². The summed E-state index contributed by atoms with van der Waals surface area (Å²) in [6.07, 6.45) is 1.40. The van der Waals surface area contributed by atoms with Crippen molar-refractivity contribution in [3.63, 3.8) is 0 Å². The van der Waals surface area contributed by atoms with E-state index in [-0.39, 0.29) is 13.2 Å². The maximum Gasteiger partial charge on any atom is 0.329 e. The Kier molecular flexibility index (Phi) is 9.73. The predicted octanol–water partition coefficient (Wildman–Crippen LogP) is 5.47. The molecule has 0 aromatic heterocycles. The molecule has 0 bridgehead atoms. The van der Waals surface area contributed by atoms with Crippen molar-refractivity contribution in [1.82, 2.24) is 10.7 Å². The number of ether oxygens (including phenoxy) is 2. The summed E-state index contributed by atoms with van der Waals surface area (Å²) in [5, 5.41) is 7.49. The molecule has 0 saturated carbocycles. The molecule has 0 unspecified atom stereocenters. The second kappa shape index (κ2) is 13.0. The van der Waals surface area contributed by atoms with Gasteiger partial charge >= 0.3 is 11.8 Å². The van der Waals surface area contributed by atoms with Crippen LogP contribution in [-0.2, 0) is 22.7 Å². The van der Waals surface area contributed by atoms with Crippen LogP contribution in [0.5, 0.6) is 11.5 Å². The van der Waals surface area contributed by atoms with Gasteiger partial charge in [0.05, 0.1) is 13.3 Å². The number of carbonyl (C=O) groups is 2. The molecule has 0 atom stereocenters. The molecule has 7 nitrogen and oxygen atoms in total. The van der Waals surface area contributed by atoms with Crippen LogP contribution < -0.4 is 20.2 Å². The third kappa shape index (κ3) is 7.73. The fourth-order valence-electron chi connectivity index (χ4n) is 3.18. The van der Waals surface area contributed by atoms with Gasteiger partial charge in [0.15, 0.2) is 11.5 Å². The molecule has 0 heterocycles. The molecule has 9 heteroatoms. The summed E-state index contributed by atoms with van der Waals surface area (Å²) in [6, 6.07) is 18.2. The van der Waals surface area contributed by atoms with Crippen molar-refractivity contribution in [2.45, 2.75) is 32.9 Å². The smallest absolute Gasteiger partial charge is 0.329 e. The Morgan fingerprint density at radius 3 is 2.39 bits per heavy atom. The Labute approximate surface area is 220 Å². The van der Waals surface area contributed by atoms with Gasteiger partial charge in [-0.25, -0.2) is 5.43 Å². The van der Waals surface area contributed by atoms with E-state index in [1.807, 2.05) is 24.3 Å². The van der Waals surface area contributed by atoms with Crippen molar-refractivity contribution in [3.05, 3.63) is 93.0 Å². The van der Waals surface area contributed by atoms with E-state index in [2.05, 4.69) is 29.7 Å². The predicted molar refractivity (Wildman–Crippen MR) is 142 cm³/mol. The number of nitrogens with zero attached hydrogens (tertiary/aromatic N) is 1. The van der Waals surface area contributed by atoms with Crippen LogP contribution in [0.4, 0.5) is 0 Å². The number of amides is 2. The van der Waals surface area contributed by atoms with Crippen molar-refractivity contribution < 1.29 is 19.1 Å². The van der Waals surface area contributed by atoms with Crippen molar-refractivity contribution in [1.29, 1.82) is 0 Å². The highest BCUT2D eigenvalue weighted by atomic mass is 35.5. The Morgan fingerprint density at radius 1 is 0.972 bits per heavy atom. The topological polar surface area (TPSA) is 89.0 Å². The van der Waals surface area contributed by atoms with Crippen LogP contribution in [0.2, 0.25) is 10.0 Å². The number of rotatable bonds is 9. The van der Waals surface area contributed by atoms with Crippen LogP contribution in [0.25, 0.3) is 0 Å². The lowest BCUT2D eigenvalue weighted by molar-refractivity contribution is -0.139. The zero-order valence-corrected chi connectivity index (χ0v) is 21.7. The molecule has 0 aliphatic rings. The molecule has 2 amide bonds. The van der Waals surface area contributed by atoms with E-state index in [1.54, 1.807) is 36.4 Å². The second-order valence-electron chi connectivity index (χ2n) is 8.21. The lowest BCUT2D eigenvalue weighted by Crippen LogP contribution is -2.37. The molecule has 0 aliphatic heterocycles. The van der Waals surface area contributed by atoms with Gasteiger partial charge in [0.1, 0.15) is 6.61 Å². The van der Waals surface area contributed by atoms with Crippen molar-refractivity contribution in [2.24, 2.45) is 5.10 Å². The molecule has 0 spiro atoms. The van der Waals surface area contributed by atoms with Crippen LogP contribution in [0.15, 0.2) is 65.8 Å². The molecule has 3 aromatic carbocycles. The van der Waals surface area contributed by atoms with Crippen molar-refractivity contribution in [2.75, 3.05) is 7.11 Å². The lowest BCUT2D eigenvalue weighted by atomic mass is 10.0. The molecular weight excluding hydrogens is 501 g/mol. The number of methoxy groups -OCH3 is 1. The maximum absolute atomic E-state index is 12.1. The van der Waals surface area contributed by atoms with Gasteiger partial charge in [-0.2, -0.15) is 5.10 Å². The number of hydrogen-bond donors (Lipinski definition) is 2. The summed E-state index contributed by atoms with van der Waals surface area (Å²) in [5.41, 5.74) is 5.74. The number of halogens is 2. The fourth-order valence-corrected chi connectivity index (χ4v) is 3.64. The van der Waals surface area contributed by atoms with Crippen LogP contribution in [0, 0.1) is 0 Å². The summed E-state index contributed by atoms with van der Waals surface area (Å²) < 4.78 is 11.2. The summed E-state index contributed by atoms with van der Waals surface area (Å²) in [6.45, 7) is 4.69. The number of benzene rings is 3. The third-order valence-corrected chi connectivity index (χ3v) is 5.86. The minimum atomic E-state index is -0.864. The highest BCUT2D eigenvalue weighted by molar-refractivity contribution is 6.35. The lowest BCUT2D eigenvalue weighted by Gasteiger charge is -2.12. The summed E-state index contributed by atoms with van der Waals surface area (Å²) in [4.78, 5) is 24.1. The van der Waals surface area contributed by atoms with Gasteiger partial charge in [-0.05, 0) is 52.9 Å². The zero-order chi connectivity index (χ0) is 26.1. The quantitative estimate of drug-likeness (QED) is 0.219. The molecule has 188 valence electrons. The Bertz CT molecular complexity index is 1240. The number of carbonyl (C=O) groups excluding carboxylic acids is 2. The van der Waals surface area contributed by atoms with E-state index in [1.165, 1.54) is 18.9 Å². The highest BCUT2D eigenvalue weighted by Gasteiger charge is 2.12. The van der Waals surface area contributed by atoms with Gasteiger partial charge in [0.2, 0.25) is 0 Å². The largest absolute Gasteiger partial charge is 0.493 e. The molecule has 0 aliphatic carbocycles. The first-order chi connectivity index (χ1) is 17.3. The third-order valence-electron chi connectivity index (χ3n) is 5.27. The van der Waals surface area contributed by atoms with E-state index >= 15 is 0 Å². The molecule has 0 radical (unpaired) electrons. The monoisotopic (exact) mass is 527 g/mol. The molecule has 2 N–H and O–H groups in total. The van der Waals surface area contributed by atoms with E-state index in [0.29, 0.717) is 33.0 Å². The van der Waals surface area contributed by atoms with Gasteiger partial charge in [0, 0.05) is 22.2 Å². The van der Waals surface area contributed by atoms with Gasteiger partial charge in [-0.15, -0.1) is 0 Å². The minimum absolute atomic E-state index is 0.229. The maximum atomic E-state index is 12.1. The zero-order valence-electron chi connectivity index (χ0n) is 20.2. The van der Waals surface area contributed by atoms with Crippen LogP contribution in [0.1, 0.15) is 42.0 Å². The van der Waals surface area contributed by atoms with E-state index in [9.17, 15) is 9.59 Å². The summed E-state index contributed by atoms with van der Waals surface area (Å²) >= 11 is 12.1. The van der Waals surface area contributed by atoms with E-state index in [0.717, 1.165) is 11.1 Å².